The Kier molecular flexibility index (Phi) is 4.06. The summed E-state index contributed by atoms with van der Waals surface area (Å²) in [6.07, 6.45) is 1.98. The van der Waals surface area contributed by atoms with Gasteiger partial charge in [-0.15, -0.1) is 0 Å². The van der Waals surface area contributed by atoms with Crippen molar-refractivity contribution in [3.8, 4) is 0 Å². The largest absolute Gasteiger partial charge is 0.379 e. The van der Waals surface area contributed by atoms with Crippen LogP contribution < -0.4 is 0 Å². The highest BCUT2D eigenvalue weighted by Gasteiger charge is 2.37. The topological polar surface area (TPSA) is 38.0 Å². The molecule has 102 valence electrons. The van der Waals surface area contributed by atoms with Crippen molar-refractivity contribution < 1.29 is 9.50 Å². The van der Waals surface area contributed by atoms with Crippen LogP contribution in [0.15, 0.2) is 34.9 Å². The van der Waals surface area contributed by atoms with Gasteiger partial charge in [0, 0.05) is 12.1 Å². The van der Waals surface area contributed by atoms with E-state index < -0.39 is 11.4 Å². The number of aromatic nitrogens is 2. The number of nitrogens with zero attached hydrogens (tertiary/aromatic N) is 2. The second-order valence-corrected chi connectivity index (χ2v) is 5.20. The zero-order valence-electron chi connectivity index (χ0n) is 10.9. The number of hydrogen-bond acceptors (Lipinski definition) is 2. The van der Waals surface area contributed by atoms with Crippen molar-refractivity contribution >= 4 is 15.9 Å². The SMILES string of the molecule is CCn1ncc(Br)c1C(O)(CC)c1ccccc1F. The number of benzene rings is 1. The molecule has 1 aromatic heterocycles. The number of halogens is 2. The lowest BCUT2D eigenvalue weighted by Gasteiger charge is -2.29. The quantitative estimate of drug-likeness (QED) is 0.934. The molecular formula is C14H16BrFN2O. The molecule has 0 radical (unpaired) electrons. The van der Waals surface area contributed by atoms with Crippen molar-refractivity contribution in [3.63, 3.8) is 0 Å². The van der Waals surface area contributed by atoms with E-state index in [1.165, 1.54) is 6.07 Å². The maximum Gasteiger partial charge on any atom is 0.135 e. The average molecular weight is 327 g/mol. The van der Waals surface area contributed by atoms with Gasteiger partial charge in [0.05, 0.1) is 16.4 Å². The second-order valence-electron chi connectivity index (χ2n) is 4.35. The summed E-state index contributed by atoms with van der Waals surface area (Å²) in [5, 5.41) is 15.2. The van der Waals surface area contributed by atoms with Crippen molar-refractivity contribution in [2.45, 2.75) is 32.4 Å². The monoisotopic (exact) mass is 326 g/mol. The molecule has 1 atom stereocenters. The summed E-state index contributed by atoms with van der Waals surface area (Å²) in [7, 11) is 0. The minimum atomic E-state index is -1.39. The Balaban J connectivity index is 2.67. The number of aryl methyl sites for hydroxylation is 1. The number of hydrogen-bond donors (Lipinski definition) is 1. The van der Waals surface area contributed by atoms with E-state index in [2.05, 4.69) is 21.0 Å². The van der Waals surface area contributed by atoms with E-state index in [4.69, 9.17) is 0 Å². The summed E-state index contributed by atoms with van der Waals surface area (Å²) in [5.41, 5.74) is -0.535. The molecule has 19 heavy (non-hydrogen) atoms. The Labute approximate surface area is 120 Å². The molecule has 3 nitrogen and oxygen atoms in total. The minimum absolute atomic E-state index is 0.272. The van der Waals surface area contributed by atoms with Gasteiger partial charge in [-0.2, -0.15) is 5.10 Å². The van der Waals surface area contributed by atoms with Crippen LogP contribution in [-0.2, 0) is 12.1 Å². The van der Waals surface area contributed by atoms with Crippen LogP contribution in [0.25, 0.3) is 0 Å². The summed E-state index contributed by atoms with van der Waals surface area (Å²) in [6, 6.07) is 6.30. The summed E-state index contributed by atoms with van der Waals surface area (Å²) < 4.78 is 16.4. The molecule has 0 fully saturated rings. The zero-order chi connectivity index (χ0) is 14.0. The molecule has 0 saturated carbocycles. The summed E-state index contributed by atoms with van der Waals surface area (Å²) in [5.74, 6) is -0.414. The first-order valence-electron chi connectivity index (χ1n) is 6.23. The Morgan fingerprint density at radius 2 is 2.05 bits per heavy atom. The Morgan fingerprint density at radius 1 is 1.37 bits per heavy atom. The van der Waals surface area contributed by atoms with Crippen molar-refractivity contribution in [1.82, 2.24) is 9.78 Å². The molecule has 0 aliphatic heterocycles. The van der Waals surface area contributed by atoms with E-state index >= 15 is 0 Å². The molecule has 0 aliphatic rings. The van der Waals surface area contributed by atoms with Crippen LogP contribution in [-0.4, -0.2) is 14.9 Å². The van der Waals surface area contributed by atoms with Crippen LogP contribution in [0.5, 0.6) is 0 Å². The third kappa shape index (κ3) is 2.32. The molecule has 1 N–H and O–H groups in total. The Morgan fingerprint density at radius 3 is 2.63 bits per heavy atom. The highest BCUT2D eigenvalue weighted by atomic mass is 79.9. The van der Waals surface area contributed by atoms with Gasteiger partial charge in [-0.1, -0.05) is 25.1 Å². The molecule has 2 rings (SSSR count). The van der Waals surface area contributed by atoms with Gasteiger partial charge in [0.1, 0.15) is 11.4 Å². The fourth-order valence-corrected chi connectivity index (χ4v) is 2.92. The van der Waals surface area contributed by atoms with Crippen LogP contribution in [0, 0.1) is 5.82 Å². The molecule has 0 aliphatic carbocycles. The standard InChI is InChI=1S/C14H16BrFN2O/c1-3-14(19,10-7-5-6-8-12(10)16)13-11(15)9-17-18(13)4-2/h5-9,19H,3-4H2,1-2H3. The number of aliphatic hydroxyl groups is 1. The molecule has 1 aromatic carbocycles. The van der Waals surface area contributed by atoms with Crippen LogP contribution in [0.1, 0.15) is 31.5 Å². The molecule has 0 amide bonds. The van der Waals surface area contributed by atoms with Gasteiger partial charge in [0.25, 0.3) is 0 Å². The first kappa shape index (κ1) is 14.2. The van der Waals surface area contributed by atoms with Gasteiger partial charge < -0.3 is 5.11 Å². The van der Waals surface area contributed by atoms with Gasteiger partial charge in [0.2, 0.25) is 0 Å². The molecule has 2 aromatic rings. The van der Waals surface area contributed by atoms with E-state index in [0.717, 1.165) is 0 Å². The van der Waals surface area contributed by atoms with E-state index in [1.54, 1.807) is 29.1 Å². The van der Waals surface area contributed by atoms with Crippen LogP contribution in [0.3, 0.4) is 0 Å². The van der Waals surface area contributed by atoms with E-state index in [-0.39, 0.29) is 5.56 Å². The van der Waals surface area contributed by atoms with Gasteiger partial charge in [-0.05, 0) is 35.3 Å². The molecule has 1 heterocycles. The lowest BCUT2D eigenvalue weighted by Crippen LogP contribution is -2.31. The Hall–Kier alpha value is -1.20. The fraction of sp³-hybridized carbons (Fsp3) is 0.357. The first-order chi connectivity index (χ1) is 9.04. The maximum atomic E-state index is 14.0. The lowest BCUT2D eigenvalue weighted by atomic mass is 9.87. The second kappa shape index (κ2) is 5.43. The lowest BCUT2D eigenvalue weighted by molar-refractivity contribution is 0.0621. The first-order valence-corrected chi connectivity index (χ1v) is 7.03. The molecule has 5 heteroatoms. The number of rotatable bonds is 4. The molecule has 0 bridgehead atoms. The van der Waals surface area contributed by atoms with Crippen molar-refractivity contribution in [3.05, 3.63) is 52.0 Å². The van der Waals surface area contributed by atoms with Gasteiger partial charge in [-0.25, -0.2) is 4.39 Å². The van der Waals surface area contributed by atoms with Crippen LogP contribution in [0.2, 0.25) is 0 Å². The van der Waals surface area contributed by atoms with Gasteiger partial charge in [0.15, 0.2) is 0 Å². The predicted molar refractivity (Wildman–Crippen MR) is 75.3 cm³/mol. The smallest absolute Gasteiger partial charge is 0.135 e. The van der Waals surface area contributed by atoms with E-state index in [1.807, 2.05) is 13.8 Å². The third-order valence-corrected chi connectivity index (χ3v) is 3.90. The van der Waals surface area contributed by atoms with Gasteiger partial charge in [-0.3, -0.25) is 4.68 Å². The maximum absolute atomic E-state index is 14.0. The van der Waals surface area contributed by atoms with Crippen LogP contribution >= 0.6 is 15.9 Å². The minimum Gasteiger partial charge on any atom is -0.379 e. The molecule has 0 spiro atoms. The van der Waals surface area contributed by atoms with Crippen LogP contribution in [0.4, 0.5) is 4.39 Å². The highest BCUT2D eigenvalue weighted by Crippen LogP contribution is 2.38. The molecular weight excluding hydrogens is 311 g/mol. The summed E-state index contributed by atoms with van der Waals surface area (Å²) in [4.78, 5) is 0. The highest BCUT2D eigenvalue weighted by molar-refractivity contribution is 9.10. The summed E-state index contributed by atoms with van der Waals surface area (Å²) >= 11 is 3.39. The van der Waals surface area contributed by atoms with Crippen molar-refractivity contribution in [1.29, 1.82) is 0 Å². The van der Waals surface area contributed by atoms with Crippen molar-refractivity contribution in [2.24, 2.45) is 0 Å². The zero-order valence-corrected chi connectivity index (χ0v) is 12.5. The molecule has 0 saturated heterocycles. The third-order valence-electron chi connectivity index (χ3n) is 3.32. The normalized spacial score (nSPS) is 14.4. The fourth-order valence-electron chi connectivity index (χ4n) is 2.30. The molecule has 1 unspecified atom stereocenters. The predicted octanol–water partition coefficient (Wildman–Crippen LogP) is 3.45. The van der Waals surface area contributed by atoms with E-state index in [9.17, 15) is 9.50 Å². The van der Waals surface area contributed by atoms with Gasteiger partial charge >= 0.3 is 0 Å². The van der Waals surface area contributed by atoms with E-state index in [0.29, 0.717) is 23.1 Å². The Bertz CT molecular complexity index is 585. The summed E-state index contributed by atoms with van der Waals surface area (Å²) in [6.45, 7) is 4.37. The average Bonchev–Trinajstić information content (AvgIpc) is 2.80. The van der Waals surface area contributed by atoms with Crippen molar-refractivity contribution in [2.75, 3.05) is 0 Å².